The molecule has 0 amide bonds. The van der Waals surface area contributed by atoms with Crippen molar-refractivity contribution in [3.8, 4) is 6.07 Å². The highest BCUT2D eigenvalue weighted by molar-refractivity contribution is 5.88. The summed E-state index contributed by atoms with van der Waals surface area (Å²) in [5.41, 5.74) is -1.83. The maximum atomic E-state index is 13.1. The van der Waals surface area contributed by atoms with E-state index >= 15 is 0 Å². The van der Waals surface area contributed by atoms with Gasteiger partial charge in [-0.1, -0.05) is 12.1 Å². The summed E-state index contributed by atoms with van der Waals surface area (Å²) in [4.78, 5) is 29.7. The van der Waals surface area contributed by atoms with Crippen LogP contribution in [0.2, 0.25) is 0 Å². The molecule has 0 saturated carbocycles. The third-order valence-corrected chi connectivity index (χ3v) is 6.03. The van der Waals surface area contributed by atoms with Gasteiger partial charge >= 0.3 is 12.1 Å². The summed E-state index contributed by atoms with van der Waals surface area (Å²) < 4.78 is 40.6. The summed E-state index contributed by atoms with van der Waals surface area (Å²) in [5, 5.41) is 19.3. The normalized spacial score (nSPS) is 16.4. The predicted octanol–water partition coefficient (Wildman–Crippen LogP) is 3.47. The Hall–Kier alpha value is -3.71. The van der Waals surface area contributed by atoms with Gasteiger partial charge in [0.25, 0.3) is 5.56 Å². The number of nitrogens with zero attached hydrogens (tertiary/aromatic N) is 4. The SMILES string of the molecule is N#CC1(c2cccc(C(F)(F)F)n2)CCN(Cc2cc(C(=O)O)c(=O)n3ccccc23)CC1. The van der Waals surface area contributed by atoms with Crippen LogP contribution in [0.15, 0.2) is 53.5 Å². The molecule has 10 heteroatoms. The first-order valence-electron chi connectivity index (χ1n) is 10.2. The smallest absolute Gasteiger partial charge is 0.433 e. The lowest BCUT2D eigenvalue weighted by Crippen LogP contribution is -2.42. The first-order chi connectivity index (χ1) is 15.6. The van der Waals surface area contributed by atoms with Crippen molar-refractivity contribution in [2.45, 2.75) is 31.0 Å². The number of hydrogen-bond donors (Lipinski definition) is 1. The van der Waals surface area contributed by atoms with Gasteiger partial charge in [0.1, 0.15) is 16.7 Å². The molecule has 3 aromatic heterocycles. The Morgan fingerprint density at radius 3 is 2.55 bits per heavy atom. The minimum absolute atomic E-state index is 0.101. The van der Waals surface area contributed by atoms with Crippen LogP contribution < -0.4 is 5.56 Å². The topological polar surface area (TPSA) is 98.7 Å². The van der Waals surface area contributed by atoms with Crippen molar-refractivity contribution < 1.29 is 23.1 Å². The molecule has 170 valence electrons. The van der Waals surface area contributed by atoms with E-state index in [0.717, 1.165) is 6.07 Å². The van der Waals surface area contributed by atoms with E-state index in [2.05, 4.69) is 11.1 Å². The molecule has 1 saturated heterocycles. The molecule has 1 fully saturated rings. The Balaban J connectivity index is 1.60. The molecule has 1 aliphatic rings. The van der Waals surface area contributed by atoms with Crippen molar-refractivity contribution in [1.29, 1.82) is 5.26 Å². The number of nitriles is 1. The molecule has 0 aromatic carbocycles. The van der Waals surface area contributed by atoms with E-state index in [1.807, 2.05) is 4.90 Å². The molecule has 7 nitrogen and oxygen atoms in total. The van der Waals surface area contributed by atoms with Gasteiger partial charge in [-0.15, -0.1) is 0 Å². The zero-order chi connectivity index (χ0) is 23.8. The number of fused-ring (bicyclic) bond motifs is 1. The number of halogens is 3. The number of hydrogen-bond acceptors (Lipinski definition) is 5. The van der Waals surface area contributed by atoms with E-state index in [1.165, 1.54) is 28.8 Å². The second-order valence-electron chi connectivity index (χ2n) is 8.03. The van der Waals surface area contributed by atoms with E-state index < -0.39 is 28.8 Å². The Labute approximate surface area is 186 Å². The molecule has 1 aliphatic heterocycles. The van der Waals surface area contributed by atoms with Gasteiger partial charge in [-0.2, -0.15) is 18.4 Å². The van der Waals surface area contributed by atoms with Gasteiger partial charge in [0, 0.05) is 25.8 Å². The molecule has 0 atom stereocenters. The summed E-state index contributed by atoms with van der Waals surface area (Å²) in [6.07, 6.45) is -2.55. The van der Waals surface area contributed by atoms with Gasteiger partial charge in [-0.05, 0) is 48.7 Å². The average Bonchev–Trinajstić information content (AvgIpc) is 2.81. The van der Waals surface area contributed by atoms with E-state index in [1.54, 1.807) is 18.2 Å². The van der Waals surface area contributed by atoms with Gasteiger partial charge < -0.3 is 5.11 Å². The van der Waals surface area contributed by atoms with Crippen LogP contribution in [0.25, 0.3) is 5.52 Å². The van der Waals surface area contributed by atoms with E-state index in [4.69, 9.17) is 0 Å². The minimum atomic E-state index is -4.60. The predicted molar refractivity (Wildman–Crippen MR) is 112 cm³/mol. The van der Waals surface area contributed by atoms with Crippen LogP contribution in [0.4, 0.5) is 13.2 Å². The highest BCUT2D eigenvalue weighted by Gasteiger charge is 2.40. The number of piperidine rings is 1. The summed E-state index contributed by atoms with van der Waals surface area (Å²) in [6, 6.07) is 12.2. The van der Waals surface area contributed by atoms with Crippen LogP contribution in [-0.2, 0) is 18.1 Å². The lowest BCUT2D eigenvalue weighted by Gasteiger charge is -2.37. The van der Waals surface area contributed by atoms with Crippen molar-refractivity contribution in [2.24, 2.45) is 0 Å². The number of alkyl halides is 3. The number of aromatic nitrogens is 2. The average molecular weight is 456 g/mol. The Morgan fingerprint density at radius 2 is 1.91 bits per heavy atom. The monoisotopic (exact) mass is 456 g/mol. The van der Waals surface area contributed by atoms with Crippen molar-refractivity contribution in [1.82, 2.24) is 14.3 Å². The van der Waals surface area contributed by atoms with Gasteiger partial charge in [0.05, 0.1) is 17.3 Å². The third kappa shape index (κ3) is 4.19. The van der Waals surface area contributed by atoms with E-state index in [9.17, 15) is 33.1 Å². The van der Waals surface area contributed by atoms with Crippen LogP contribution in [0.5, 0.6) is 0 Å². The molecule has 1 N–H and O–H groups in total. The molecule has 4 rings (SSSR count). The number of rotatable bonds is 4. The highest BCUT2D eigenvalue weighted by Crippen LogP contribution is 2.36. The lowest BCUT2D eigenvalue weighted by molar-refractivity contribution is -0.141. The molecule has 0 radical (unpaired) electrons. The minimum Gasteiger partial charge on any atom is -0.477 e. The van der Waals surface area contributed by atoms with Gasteiger partial charge in [0.15, 0.2) is 0 Å². The molecule has 4 heterocycles. The fourth-order valence-corrected chi connectivity index (χ4v) is 4.22. The highest BCUT2D eigenvalue weighted by atomic mass is 19.4. The Morgan fingerprint density at radius 1 is 1.18 bits per heavy atom. The lowest BCUT2D eigenvalue weighted by atomic mass is 9.76. The van der Waals surface area contributed by atoms with Crippen LogP contribution >= 0.6 is 0 Å². The maximum Gasteiger partial charge on any atom is 0.433 e. The molecular weight excluding hydrogens is 437 g/mol. The summed E-state index contributed by atoms with van der Waals surface area (Å²) in [5.74, 6) is -1.32. The maximum absolute atomic E-state index is 13.1. The molecule has 0 bridgehead atoms. The summed E-state index contributed by atoms with van der Waals surface area (Å²) in [7, 11) is 0. The van der Waals surface area contributed by atoms with Gasteiger partial charge in [-0.25, -0.2) is 9.78 Å². The number of likely N-dealkylation sites (tertiary alicyclic amines) is 1. The zero-order valence-corrected chi connectivity index (χ0v) is 17.3. The van der Waals surface area contributed by atoms with Crippen molar-refractivity contribution >= 4 is 11.5 Å². The fourth-order valence-electron chi connectivity index (χ4n) is 4.22. The van der Waals surface area contributed by atoms with E-state index in [-0.39, 0.29) is 24.1 Å². The second kappa shape index (κ2) is 8.33. The first kappa shape index (κ1) is 22.5. The number of carboxylic acid groups (broad SMARTS) is 1. The Bertz CT molecular complexity index is 1320. The molecule has 0 aliphatic carbocycles. The summed E-state index contributed by atoms with van der Waals surface area (Å²) in [6.45, 7) is 1.11. The first-order valence-corrected chi connectivity index (χ1v) is 10.2. The molecule has 3 aromatic rings. The van der Waals surface area contributed by atoms with Crippen LogP contribution in [-0.4, -0.2) is 38.4 Å². The summed E-state index contributed by atoms with van der Waals surface area (Å²) >= 11 is 0. The van der Waals surface area contributed by atoms with Crippen LogP contribution in [0.3, 0.4) is 0 Å². The number of aromatic carboxylic acids is 1. The number of pyridine rings is 3. The van der Waals surface area contributed by atoms with Crippen molar-refractivity contribution in [2.75, 3.05) is 13.1 Å². The fraction of sp³-hybridized carbons (Fsp3) is 0.304. The van der Waals surface area contributed by atoms with Crippen molar-refractivity contribution in [3.05, 3.63) is 81.5 Å². The quantitative estimate of drug-likeness (QED) is 0.646. The van der Waals surface area contributed by atoms with Gasteiger partial charge in [-0.3, -0.25) is 14.1 Å². The van der Waals surface area contributed by atoms with E-state index in [0.29, 0.717) is 30.7 Å². The molecule has 0 spiro atoms. The zero-order valence-electron chi connectivity index (χ0n) is 17.3. The largest absolute Gasteiger partial charge is 0.477 e. The third-order valence-electron chi connectivity index (χ3n) is 6.03. The van der Waals surface area contributed by atoms with Crippen LogP contribution in [0, 0.1) is 11.3 Å². The second-order valence-corrected chi connectivity index (χ2v) is 8.03. The molecule has 33 heavy (non-hydrogen) atoms. The number of carboxylic acids is 1. The molecule has 0 unspecified atom stereocenters. The van der Waals surface area contributed by atoms with Gasteiger partial charge in [0.2, 0.25) is 0 Å². The Kier molecular flexibility index (Phi) is 5.68. The van der Waals surface area contributed by atoms with Crippen molar-refractivity contribution in [3.63, 3.8) is 0 Å². The number of carbonyl (C=O) groups is 1. The van der Waals surface area contributed by atoms with Crippen LogP contribution in [0.1, 0.15) is 40.2 Å². The standard InChI is InChI=1S/C23H19F3N4O3/c24-23(25,26)19-6-3-5-18(28-19)22(14-27)7-10-29(11-8-22)13-15-12-16(21(32)33)20(31)30-9-2-1-4-17(15)30/h1-6,9,12H,7-8,10-11,13H2,(H,32,33). The molecular formula is C23H19F3N4O3.